The summed E-state index contributed by atoms with van der Waals surface area (Å²) in [6.07, 6.45) is -1.76. The molecule has 0 aliphatic heterocycles. The number of nitrogens with zero attached hydrogens (tertiary/aromatic N) is 4. The van der Waals surface area contributed by atoms with E-state index in [2.05, 4.69) is 10.1 Å². The number of anilines is 1. The molecule has 2 unspecified atom stereocenters. The van der Waals surface area contributed by atoms with E-state index < -0.39 is 24.0 Å². The fraction of sp³-hybridized carbons (Fsp3) is 0.219. The molecule has 12 nitrogen and oxygen atoms in total. The molecule has 3 aromatic carbocycles. The number of hydrogen-bond donors (Lipinski definition) is 3. The van der Waals surface area contributed by atoms with Crippen molar-refractivity contribution in [3.05, 3.63) is 118 Å². The van der Waals surface area contributed by atoms with Gasteiger partial charge in [-0.15, -0.1) is 5.10 Å². The Bertz CT molecular complexity index is 1790. The van der Waals surface area contributed by atoms with E-state index in [4.69, 9.17) is 20.4 Å². The van der Waals surface area contributed by atoms with Crippen molar-refractivity contribution in [3.63, 3.8) is 0 Å². The number of ether oxygens (including phenoxy) is 1. The first-order valence-corrected chi connectivity index (χ1v) is 13.8. The zero-order valence-electron chi connectivity index (χ0n) is 24.9. The molecule has 13 heteroatoms. The number of fused-ring (bicyclic) bond motifs is 1. The van der Waals surface area contributed by atoms with Crippen molar-refractivity contribution in [2.75, 3.05) is 12.3 Å². The predicted octanol–water partition coefficient (Wildman–Crippen LogP) is -1.27. The number of para-hydroxylation sites is 2. The number of aliphatic carboxylic acids is 1. The molecule has 4 N–H and O–H groups in total. The second-order valence-electron chi connectivity index (χ2n) is 9.90. The van der Waals surface area contributed by atoms with Crippen LogP contribution in [0.2, 0.25) is 0 Å². The number of nitrogens with two attached hydrogens (primary N) is 1. The van der Waals surface area contributed by atoms with Gasteiger partial charge >= 0.3 is 51.4 Å². The second-order valence-corrected chi connectivity index (χ2v) is 9.90. The Morgan fingerprint density at radius 1 is 0.978 bits per heavy atom. The maximum Gasteiger partial charge on any atom is 1.00 e. The van der Waals surface area contributed by atoms with Gasteiger partial charge in [-0.2, -0.15) is 0 Å². The zero-order valence-corrected chi connectivity index (χ0v) is 28.1. The molecule has 2 aromatic heterocycles. The number of benzene rings is 3. The molecule has 45 heavy (non-hydrogen) atoms. The van der Waals surface area contributed by atoms with Crippen LogP contribution in [0.5, 0.6) is 5.88 Å². The van der Waals surface area contributed by atoms with E-state index >= 15 is 0 Å². The van der Waals surface area contributed by atoms with Crippen LogP contribution in [0.25, 0.3) is 11.0 Å². The number of carboxylic acid groups (broad SMARTS) is 1. The number of nitrogen functional groups attached to an aromatic ring is 1. The van der Waals surface area contributed by atoms with Crippen LogP contribution in [0.1, 0.15) is 40.9 Å². The number of aromatic nitrogens is 4. The standard InChI is InChI=1S/C30H29N5O5.C2H4O2.K/c31-30-32-24-11-4-5-12-25(24)34(30)19-23(36)15-16-40-26-13-14-27(37)35(33-26)18-20-7-6-10-22(17-20)29(39)28(38)21-8-2-1-3-9-21;1-2(3)4;/h1-14,17,23,29,36,39H,15-16,18-19H2,(H2,31,32);1H3,(H,3,4);/q;;+1/p-1. The van der Waals surface area contributed by atoms with E-state index in [1.807, 2.05) is 24.3 Å². The second kappa shape index (κ2) is 17.1. The zero-order chi connectivity index (χ0) is 31.6. The minimum atomic E-state index is -1.33. The van der Waals surface area contributed by atoms with Crippen LogP contribution in [-0.4, -0.2) is 54.0 Å². The number of carbonyl (C=O) groups excluding carboxylic acids is 2. The van der Waals surface area contributed by atoms with Gasteiger partial charge in [0.2, 0.25) is 11.8 Å². The molecule has 0 fully saturated rings. The number of Topliss-reactive ketones (excluding diaryl/α,β-unsaturated/α-hetero) is 1. The van der Waals surface area contributed by atoms with E-state index in [-0.39, 0.29) is 82.5 Å². The van der Waals surface area contributed by atoms with Gasteiger partial charge in [-0.25, -0.2) is 9.67 Å². The smallest absolute Gasteiger partial charge is 0.550 e. The van der Waals surface area contributed by atoms with Crippen molar-refractivity contribution < 1.29 is 81.0 Å². The third kappa shape index (κ3) is 10.2. The summed E-state index contributed by atoms with van der Waals surface area (Å²) in [7, 11) is 0. The van der Waals surface area contributed by atoms with E-state index in [1.165, 1.54) is 16.8 Å². The Morgan fingerprint density at radius 2 is 1.67 bits per heavy atom. The molecule has 5 rings (SSSR count). The Hall–Kier alpha value is -3.69. The fourth-order valence-electron chi connectivity index (χ4n) is 4.45. The molecule has 0 bridgehead atoms. The fourth-order valence-corrected chi connectivity index (χ4v) is 4.45. The van der Waals surface area contributed by atoms with Gasteiger partial charge in [0.05, 0.1) is 36.8 Å². The summed E-state index contributed by atoms with van der Waals surface area (Å²) >= 11 is 0. The number of carbonyl (C=O) groups is 2. The predicted molar refractivity (Wildman–Crippen MR) is 161 cm³/mol. The number of hydrogen-bond acceptors (Lipinski definition) is 10. The van der Waals surface area contributed by atoms with Gasteiger partial charge in [0, 0.05) is 30.1 Å². The van der Waals surface area contributed by atoms with Crippen molar-refractivity contribution in [2.24, 2.45) is 0 Å². The molecule has 0 aliphatic carbocycles. The normalized spacial score (nSPS) is 11.9. The van der Waals surface area contributed by atoms with Crippen LogP contribution in [0.4, 0.5) is 5.95 Å². The van der Waals surface area contributed by atoms with Crippen LogP contribution >= 0.6 is 0 Å². The van der Waals surface area contributed by atoms with Crippen LogP contribution in [0.15, 0.2) is 95.8 Å². The molecule has 5 aromatic rings. The molecule has 0 amide bonds. The van der Waals surface area contributed by atoms with E-state index in [0.717, 1.165) is 18.0 Å². The quantitative estimate of drug-likeness (QED) is 0.117. The minimum absolute atomic E-state index is 0. The maximum atomic E-state index is 12.7. The van der Waals surface area contributed by atoms with Gasteiger partial charge in [0.25, 0.3) is 5.56 Å². The third-order valence-electron chi connectivity index (χ3n) is 6.53. The maximum absolute atomic E-state index is 12.7. The number of rotatable bonds is 11. The topological polar surface area (TPSA) is 186 Å². The Morgan fingerprint density at radius 3 is 2.40 bits per heavy atom. The first-order chi connectivity index (χ1) is 21.1. The summed E-state index contributed by atoms with van der Waals surface area (Å²) in [6, 6.07) is 25.8. The van der Waals surface area contributed by atoms with Gasteiger partial charge in [-0.05, 0) is 30.2 Å². The van der Waals surface area contributed by atoms with E-state index in [1.54, 1.807) is 59.2 Å². The molecule has 228 valence electrons. The Balaban J connectivity index is 0.00000104. The van der Waals surface area contributed by atoms with Crippen molar-refractivity contribution >= 4 is 28.7 Å². The minimum Gasteiger partial charge on any atom is -0.550 e. The first-order valence-electron chi connectivity index (χ1n) is 13.8. The molecule has 0 aliphatic rings. The average molecular weight is 638 g/mol. The monoisotopic (exact) mass is 637 g/mol. The molecular weight excluding hydrogens is 605 g/mol. The van der Waals surface area contributed by atoms with Crippen molar-refractivity contribution in [1.29, 1.82) is 0 Å². The first kappa shape index (κ1) is 35.8. The van der Waals surface area contributed by atoms with Crippen LogP contribution in [0.3, 0.4) is 0 Å². The van der Waals surface area contributed by atoms with Gasteiger partial charge in [0.1, 0.15) is 6.10 Å². The van der Waals surface area contributed by atoms with E-state index in [9.17, 15) is 19.8 Å². The molecule has 2 heterocycles. The number of aliphatic hydroxyl groups excluding tert-OH is 2. The average Bonchev–Trinajstić information content (AvgIpc) is 3.32. The van der Waals surface area contributed by atoms with Crippen LogP contribution in [0, 0.1) is 0 Å². The molecule has 0 spiro atoms. The van der Waals surface area contributed by atoms with Gasteiger partial charge in [-0.1, -0.05) is 66.7 Å². The largest absolute Gasteiger partial charge is 1.00 e. The number of aliphatic hydroxyl groups is 2. The Kier molecular flexibility index (Phi) is 13.6. The molecule has 0 radical (unpaired) electrons. The van der Waals surface area contributed by atoms with Crippen LogP contribution in [-0.2, 0) is 17.9 Å². The van der Waals surface area contributed by atoms with E-state index in [0.29, 0.717) is 29.1 Å². The molecule has 0 saturated heterocycles. The van der Waals surface area contributed by atoms with Crippen LogP contribution < -0.4 is 72.5 Å². The summed E-state index contributed by atoms with van der Waals surface area (Å²) in [5, 5.41) is 34.4. The Labute approximate surface area is 301 Å². The third-order valence-corrected chi connectivity index (χ3v) is 6.53. The summed E-state index contributed by atoms with van der Waals surface area (Å²) < 4.78 is 8.72. The number of imidazole rings is 1. The summed E-state index contributed by atoms with van der Waals surface area (Å²) in [4.78, 5) is 38.3. The summed E-state index contributed by atoms with van der Waals surface area (Å²) in [5.41, 5.74) is 8.81. The van der Waals surface area contributed by atoms with Gasteiger partial charge in [0.15, 0.2) is 5.78 Å². The molecular formula is C32H32KN5O7. The number of carboxylic acids is 1. The summed E-state index contributed by atoms with van der Waals surface area (Å²) in [6.45, 7) is 1.52. The van der Waals surface area contributed by atoms with Gasteiger partial charge in [-0.3, -0.25) is 9.59 Å². The molecule has 2 atom stereocenters. The number of ketones is 1. The molecule has 0 saturated carbocycles. The van der Waals surface area contributed by atoms with Crippen molar-refractivity contribution in [1.82, 2.24) is 19.3 Å². The summed E-state index contributed by atoms with van der Waals surface area (Å²) in [5.74, 6) is -0.930. The van der Waals surface area contributed by atoms with Gasteiger partial charge < -0.3 is 35.2 Å². The van der Waals surface area contributed by atoms with Crippen molar-refractivity contribution in [3.8, 4) is 5.88 Å². The van der Waals surface area contributed by atoms with Crippen molar-refractivity contribution in [2.45, 2.75) is 38.6 Å². The SMILES string of the molecule is CC(=O)[O-].Nc1nc2ccccc2n1CC(O)CCOc1ccc(=O)n(Cc2cccc(C(O)C(=O)c3ccccc3)c2)n1.[K+].